The van der Waals surface area contributed by atoms with Crippen molar-refractivity contribution in [3.05, 3.63) is 0 Å². The summed E-state index contributed by atoms with van der Waals surface area (Å²) in [6.45, 7) is 8.67. The fourth-order valence-electron chi connectivity index (χ4n) is 2.14. The average Bonchev–Trinajstić information content (AvgIpc) is 2.41. The van der Waals surface area contributed by atoms with Gasteiger partial charge >= 0.3 is 12.0 Å². The summed E-state index contributed by atoms with van der Waals surface area (Å²) in [7, 11) is 2.12. The number of rotatable bonds is 6. The van der Waals surface area contributed by atoms with Crippen LogP contribution < -0.4 is 14.8 Å². The van der Waals surface area contributed by atoms with Gasteiger partial charge in [0.2, 0.25) is 5.95 Å². The second-order valence-corrected chi connectivity index (χ2v) is 5.54. The van der Waals surface area contributed by atoms with Crippen molar-refractivity contribution >= 4 is 5.95 Å². The van der Waals surface area contributed by atoms with E-state index in [-0.39, 0.29) is 12.2 Å². The van der Waals surface area contributed by atoms with Crippen LogP contribution in [0.5, 0.6) is 12.0 Å². The second kappa shape index (κ2) is 7.40. The third kappa shape index (κ3) is 5.00. The zero-order valence-electron chi connectivity index (χ0n) is 13.3. The molecule has 0 aliphatic carbocycles. The molecule has 0 aromatic carbocycles. The van der Waals surface area contributed by atoms with Gasteiger partial charge in [0.25, 0.3) is 0 Å². The van der Waals surface area contributed by atoms with Gasteiger partial charge in [-0.1, -0.05) is 0 Å². The van der Waals surface area contributed by atoms with Crippen molar-refractivity contribution in [2.24, 2.45) is 0 Å². The SMILES string of the molecule is CCNc1nc(OC(C)C)nc(OC2CCN(C)CC2)n1. The van der Waals surface area contributed by atoms with E-state index < -0.39 is 0 Å². The predicted molar refractivity (Wildman–Crippen MR) is 80.9 cm³/mol. The number of hydrogen-bond donors (Lipinski definition) is 1. The van der Waals surface area contributed by atoms with Crippen molar-refractivity contribution in [1.82, 2.24) is 19.9 Å². The summed E-state index contributed by atoms with van der Waals surface area (Å²) in [4.78, 5) is 15.1. The Labute approximate surface area is 126 Å². The number of hydrogen-bond acceptors (Lipinski definition) is 7. The van der Waals surface area contributed by atoms with Crippen LogP contribution in [0.2, 0.25) is 0 Å². The molecule has 7 heteroatoms. The molecule has 0 amide bonds. The number of anilines is 1. The molecule has 0 atom stereocenters. The van der Waals surface area contributed by atoms with Crippen molar-refractivity contribution < 1.29 is 9.47 Å². The summed E-state index contributed by atoms with van der Waals surface area (Å²) in [5.41, 5.74) is 0. The summed E-state index contributed by atoms with van der Waals surface area (Å²) < 4.78 is 11.5. The highest BCUT2D eigenvalue weighted by atomic mass is 16.5. The summed E-state index contributed by atoms with van der Waals surface area (Å²) in [6.07, 6.45) is 2.14. The number of likely N-dealkylation sites (tertiary alicyclic amines) is 1. The monoisotopic (exact) mass is 295 g/mol. The van der Waals surface area contributed by atoms with Crippen molar-refractivity contribution in [3.8, 4) is 12.0 Å². The molecule has 1 N–H and O–H groups in total. The molecule has 1 aliphatic rings. The minimum absolute atomic E-state index is 0.0121. The summed E-state index contributed by atoms with van der Waals surface area (Å²) in [5, 5.41) is 3.08. The first-order chi connectivity index (χ1) is 10.1. The number of nitrogens with one attached hydrogen (secondary N) is 1. The molecule has 0 saturated carbocycles. The molecule has 1 fully saturated rings. The maximum atomic E-state index is 5.90. The Morgan fingerprint density at radius 2 is 1.86 bits per heavy atom. The molecule has 1 aliphatic heterocycles. The van der Waals surface area contributed by atoms with E-state index >= 15 is 0 Å². The van der Waals surface area contributed by atoms with Crippen LogP contribution in [-0.4, -0.2) is 58.7 Å². The van der Waals surface area contributed by atoms with E-state index in [4.69, 9.17) is 9.47 Å². The Balaban J connectivity index is 2.07. The van der Waals surface area contributed by atoms with E-state index in [0.717, 1.165) is 32.5 Å². The Bertz CT molecular complexity index is 447. The van der Waals surface area contributed by atoms with Gasteiger partial charge in [-0.2, -0.15) is 9.97 Å². The molecular formula is C14H25N5O2. The van der Waals surface area contributed by atoms with Crippen molar-refractivity contribution in [2.75, 3.05) is 32.0 Å². The average molecular weight is 295 g/mol. The van der Waals surface area contributed by atoms with E-state index in [0.29, 0.717) is 18.0 Å². The first-order valence-corrected chi connectivity index (χ1v) is 7.58. The lowest BCUT2D eigenvalue weighted by Crippen LogP contribution is -2.36. The second-order valence-electron chi connectivity index (χ2n) is 5.54. The smallest absolute Gasteiger partial charge is 0.324 e. The minimum atomic E-state index is 0.0121. The van der Waals surface area contributed by atoms with Gasteiger partial charge in [0.15, 0.2) is 0 Å². The molecule has 0 unspecified atom stereocenters. The van der Waals surface area contributed by atoms with Gasteiger partial charge in [-0.15, -0.1) is 4.98 Å². The maximum Gasteiger partial charge on any atom is 0.324 e. The largest absolute Gasteiger partial charge is 0.461 e. The van der Waals surface area contributed by atoms with E-state index in [1.165, 1.54) is 0 Å². The molecule has 2 heterocycles. The molecular weight excluding hydrogens is 270 g/mol. The normalized spacial score (nSPS) is 17.0. The standard InChI is InChI=1S/C14H25N5O2/c1-5-15-12-16-13(20-10(2)3)18-14(17-12)21-11-6-8-19(4)9-7-11/h10-11H,5-9H2,1-4H3,(H,15,16,17,18). The van der Waals surface area contributed by atoms with Gasteiger partial charge in [0.05, 0.1) is 6.10 Å². The molecule has 1 saturated heterocycles. The highest BCUT2D eigenvalue weighted by Gasteiger charge is 2.20. The van der Waals surface area contributed by atoms with Crippen LogP contribution >= 0.6 is 0 Å². The first kappa shape index (κ1) is 15.8. The number of aromatic nitrogens is 3. The molecule has 7 nitrogen and oxygen atoms in total. The quantitative estimate of drug-likeness (QED) is 0.854. The van der Waals surface area contributed by atoms with Gasteiger partial charge in [-0.3, -0.25) is 0 Å². The van der Waals surface area contributed by atoms with Gasteiger partial charge in [0.1, 0.15) is 6.10 Å². The van der Waals surface area contributed by atoms with E-state index in [2.05, 4.69) is 32.2 Å². The molecule has 0 radical (unpaired) electrons. The Morgan fingerprint density at radius 1 is 1.19 bits per heavy atom. The van der Waals surface area contributed by atoms with E-state index in [1.54, 1.807) is 0 Å². The fraction of sp³-hybridized carbons (Fsp3) is 0.786. The Morgan fingerprint density at radius 3 is 2.48 bits per heavy atom. The van der Waals surface area contributed by atoms with Crippen molar-refractivity contribution in [3.63, 3.8) is 0 Å². The summed E-state index contributed by atoms with van der Waals surface area (Å²) in [5.74, 6) is 0.492. The fourth-order valence-corrected chi connectivity index (χ4v) is 2.14. The molecule has 0 bridgehead atoms. The molecule has 1 aromatic rings. The van der Waals surface area contributed by atoms with Gasteiger partial charge in [0, 0.05) is 19.6 Å². The van der Waals surface area contributed by atoms with Crippen LogP contribution in [0.15, 0.2) is 0 Å². The lowest BCUT2D eigenvalue weighted by molar-refractivity contribution is 0.103. The summed E-state index contributed by atoms with van der Waals surface area (Å²) >= 11 is 0. The van der Waals surface area contributed by atoms with Crippen molar-refractivity contribution in [1.29, 1.82) is 0 Å². The van der Waals surface area contributed by atoms with E-state index in [1.807, 2.05) is 20.8 Å². The molecule has 118 valence electrons. The van der Waals surface area contributed by atoms with Crippen LogP contribution in [0, 0.1) is 0 Å². The number of ether oxygens (including phenoxy) is 2. The Hall–Kier alpha value is -1.63. The highest BCUT2D eigenvalue weighted by Crippen LogP contribution is 2.19. The minimum Gasteiger partial charge on any atom is -0.461 e. The van der Waals surface area contributed by atoms with Gasteiger partial charge in [-0.25, -0.2) is 0 Å². The van der Waals surface area contributed by atoms with Crippen LogP contribution in [0.1, 0.15) is 33.6 Å². The van der Waals surface area contributed by atoms with Crippen molar-refractivity contribution in [2.45, 2.75) is 45.8 Å². The van der Waals surface area contributed by atoms with Crippen LogP contribution in [0.3, 0.4) is 0 Å². The molecule has 21 heavy (non-hydrogen) atoms. The van der Waals surface area contributed by atoms with Crippen LogP contribution in [0.4, 0.5) is 5.95 Å². The third-order valence-electron chi connectivity index (χ3n) is 3.21. The predicted octanol–water partition coefficient (Wildman–Crippen LogP) is 1.56. The molecule has 1 aromatic heterocycles. The molecule has 0 spiro atoms. The number of nitrogens with zero attached hydrogens (tertiary/aromatic N) is 4. The molecule has 2 rings (SSSR count). The summed E-state index contributed by atoms with van der Waals surface area (Å²) in [6, 6.07) is 0.644. The lowest BCUT2D eigenvalue weighted by atomic mass is 10.1. The topological polar surface area (TPSA) is 72.4 Å². The Kier molecular flexibility index (Phi) is 5.55. The zero-order chi connectivity index (χ0) is 15.2. The van der Waals surface area contributed by atoms with Gasteiger partial charge < -0.3 is 19.7 Å². The van der Waals surface area contributed by atoms with Crippen LogP contribution in [-0.2, 0) is 0 Å². The lowest BCUT2D eigenvalue weighted by Gasteiger charge is -2.28. The first-order valence-electron chi connectivity index (χ1n) is 7.58. The zero-order valence-corrected chi connectivity index (χ0v) is 13.3. The third-order valence-corrected chi connectivity index (χ3v) is 3.21. The van der Waals surface area contributed by atoms with Gasteiger partial charge in [-0.05, 0) is 40.7 Å². The van der Waals surface area contributed by atoms with Crippen LogP contribution in [0.25, 0.3) is 0 Å². The highest BCUT2D eigenvalue weighted by molar-refractivity contribution is 5.27. The van der Waals surface area contributed by atoms with E-state index in [9.17, 15) is 0 Å². The number of piperidine rings is 1. The maximum absolute atomic E-state index is 5.90.